The molecule has 0 aliphatic rings. The molecule has 0 aliphatic carbocycles. The summed E-state index contributed by atoms with van der Waals surface area (Å²) < 4.78 is 11.6. The van der Waals surface area contributed by atoms with E-state index in [9.17, 15) is 0 Å². The zero-order chi connectivity index (χ0) is 17.4. The van der Waals surface area contributed by atoms with Gasteiger partial charge < -0.3 is 4.58 Å². The fraction of sp³-hybridized carbons (Fsp3) is 0.143. The van der Waals surface area contributed by atoms with Gasteiger partial charge in [0.15, 0.2) is 10.5 Å². The van der Waals surface area contributed by atoms with Gasteiger partial charge in [-0.3, -0.25) is 4.58 Å². The summed E-state index contributed by atoms with van der Waals surface area (Å²) >= 11 is 0. The minimum absolute atomic E-state index is 0.583. The van der Waals surface area contributed by atoms with Crippen LogP contribution in [-0.2, 0) is 27.3 Å². The summed E-state index contributed by atoms with van der Waals surface area (Å²) in [6.07, 6.45) is 0. The van der Waals surface area contributed by atoms with Gasteiger partial charge in [-0.1, -0.05) is 91.0 Å². The fourth-order valence-electron chi connectivity index (χ4n) is 3.36. The van der Waals surface area contributed by atoms with Gasteiger partial charge in [-0.25, -0.2) is 0 Å². The maximum absolute atomic E-state index is 6.14. The second kappa shape index (κ2) is 8.92. The van der Waals surface area contributed by atoms with E-state index in [2.05, 4.69) is 91.0 Å². The highest BCUT2D eigenvalue weighted by Gasteiger charge is 2.37. The molecule has 0 aromatic heterocycles. The predicted octanol–water partition coefficient (Wildman–Crippen LogP) is 3.51. The zero-order valence-electron chi connectivity index (χ0n) is 14.6. The zero-order valence-corrected chi connectivity index (χ0v) is 17.6. The van der Waals surface area contributed by atoms with Gasteiger partial charge in [0.2, 0.25) is 8.32 Å². The molecule has 128 valence electrons. The van der Waals surface area contributed by atoms with Crippen molar-refractivity contribution in [3.63, 3.8) is 0 Å². The molecule has 25 heavy (non-hydrogen) atoms. The summed E-state index contributed by atoms with van der Waals surface area (Å²) in [5, 5.41) is 0. The molecule has 3 rings (SSSR count). The first-order valence-corrected chi connectivity index (χ1v) is 12.0. The Balaban J connectivity index is 1.94. The first-order chi connectivity index (χ1) is 12.3. The maximum atomic E-state index is 6.14. The van der Waals surface area contributed by atoms with Gasteiger partial charge in [-0.2, -0.15) is 0 Å². The van der Waals surface area contributed by atoms with Crippen molar-refractivity contribution in [2.75, 3.05) is 0 Å². The van der Waals surface area contributed by atoms with E-state index in [4.69, 9.17) is 9.15 Å². The van der Waals surface area contributed by atoms with Gasteiger partial charge in [0, 0.05) is 0 Å². The van der Waals surface area contributed by atoms with Crippen LogP contribution in [0.2, 0.25) is 0 Å². The second-order valence-electron chi connectivity index (χ2n) is 6.42. The second-order valence-corrected chi connectivity index (χ2v) is 10.3. The summed E-state index contributed by atoms with van der Waals surface area (Å²) in [6.45, 7) is 0. The standard InChI is InChI=1S/C21H24O2Si2/c24-22-23-25(16-19-10-4-1-5-11-19,17-20-12-6-2-7-13-20)18-21-14-8-3-9-15-21/h1-15H,16-18H2,24H3. The van der Waals surface area contributed by atoms with Crippen LogP contribution in [-0.4, -0.2) is 18.8 Å². The van der Waals surface area contributed by atoms with Crippen LogP contribution < -0.4 is 0 Å². The first kappa shape index (κ1) is 17.8. The van der Waals surface area contributed by atoms with Crippen LogP contribution in [0.25, 0.3) is 0 Å². The Bertz CT molecular complexity index is 647. The Morgan fingerprint density at radius 2 is 0.880 bits per heavy atom. The van der Waals surface area contributed by atoms with E-state index in [-0.39, 0.29) is 0 Å². The van der Waals surface area contributed by atoms with E-state index in [0.29, 0.717) is 10.5 Å². The van der Waals surface area contributed by atoms with Gasteiger partial charge in [-0.05, 0) is 34.8 Å². The lowest BCUT2D eigenvalue weighted by atomic mass is 10.2. The monoisotopic (exact) mass is 364 g/mol. The van der Waals surface area contributed by atoms with E-state index in [0.717, 1.165) is 18.1 Å². The highest BCUT2D eigenvalue weighted by atomic mass is 28.4. The Kier molecular flexibility index (Phi) is 6.36. The average Bonchev–Trinajstić information content (AvgIpc) is 2.64. The van der Waals surface area contributed by atoms with Crippen molar-refractivity contribution in [3.8, 4) is 0 Å². The third-order valence-electron chi connectivity index (χ3n) is 4.37. The van der Waals surface area contributed by atoms with Crippen LogP contribution in [0.4, 0.5) is 0 Å². The van der Waals surface area contributed by atoms with E-state index < -0.39 is 8.32 Å². The normalized spacial score (nSPS) is 11.5. The molecule has 0 bridgehead atoms. The molecule has 0 saturated heterocycles. The van der Waals surface area contributed by atoms with E-state index in [1.54, 1.807) is 0 Å². The molecule has 3 aromatic rings. The highest BCUT2D eigenvalue weighted by Crippen LogP contribution is 2.24. The Morgan fingerprint density at radius 1 is 0.560 bits per heavy atom. The van der Waals surface area contributed by atoms with Gasteiger partial charge in [0.05, 0.1) is 0 Å². The number of rotatable bonds is 8. The molecule has 0 unspecified atom stereocenters. The van der Waals surface area contributed by atoms with Crippen molar-refractivity contribution in [1.82, 2.24) is 0 Å². The van der Waals surface area contributed by atoms with E-state index >= 15 is 0 Å². The summed E-state index contributed by atoms with van der Waals surface area (Å²) in [5.74, 6) is 0. The Hall–Kier alpha value is -1.99. The van der Waals surface area contributed by atoms with E-state index in [1.165, 1.54) is 16.7 Å². The average molecular weight is 365 g/mol. The van der Waals surface area contributed by atoms with Gasteiger partial charge in [0.25, 0.3) is 0 Å². The SMILES string of the molecule is [SiH3]OO[Si](Cc1ccccc1)(Cc1ccccc1)Cc1ccccc1. The number of hydrogen-bond acceptors (Lipinski definition) is 2. The molecule has 0 atom stereocenters. The van der Waals surface area contributed by atoms with E-state index in [1.807, 2.05) is 0 Å². The van der Waals surface area contributed by atoms with Crippen molar-refractivity contribution in [1.29, 1.82) is 0 Å². The molecule has 0 radical (unpaired) electrons. The van der Waals surface area contributed by atoms with Crippen LogP contribution in [0.3, 0.4) is 0 Å². The molecule has 2 nitrogen and oxygen atoms in total. The fourth-order valence-corrected chi connectivity index (χ4v) is 8.26. The third-order valence-corrected chi connectivity index (χ3v) is 8.55. The van der Waals surface area contributed by atoms with Crippen molar-refractivity contribution in [3.05, 3.63) is 108 Å². The van der Waals surface area contributed by atoms with Crippen molar-refractivity contribution in [2.24, 2.45) is 0 Å². The van der Waals surface area contributed by atoms with Gasteiger partial charge in [0.1, 0.15) is 0 Å². The lowest BCUT2D eigenvalue weighted by Gasteiger charge is -2.30. The molecule has 0 fully saturated rings. The maximum Gasteiger partial charge on any atom is 0.250 e. The topological polar surface area (TPSA) is 18.5 Å². The van der Waals surface area contributed by atoms with Crippen LogP contribution in [0, 0.1) is 0 Å². The quantitative estimate of drug-likeness (QED) is 0.346. The lowest BCUT2D eigenvalue weighted by molar-refractivity contribution is -0.110. The van der Waals surface area contributed by atoms with Crippen molar-refractivity contribution < 1.29 is 9.15 Å². The van der Waals surface area contributed by atoms with Gasteiger partial charge >= 0.3 is 0 Å². The molecule has 0 amide bonds. The van der Waals surface area contributed by atoms with Crippen molar-refractivity contribution in [2.45, 2.75) is 18.1 Å². The van der Waals surface area contributed by atoms with Crippen LogP contribution >= 0.6 is 0 Å². The molecule has 4 heteroatoms. The molecule has 3 aromatic carbocycles. The lowest BCUT2D eigenvalue weighted by Crippen LogP contribution is -2.47. The molecular formula is C21H24O2Si2. The molecule has 0 aliphatic heterocycles. The summed E-state index contributed by atoms with van der Waals surface area (Å²) in [4.78, 5) is 0. The minimum atomic E-state index is -2.21. The third kappa shape index (κ3) is 5.24. The Morgan fingerprint density at radius 3 is 1.16 bits per heavy atom. The number of benzene rings is 3. The molecular weight excluding hydrogens is 340 g/mol. The molecule has 0 spiro atoms. The van der Waals surface area contributed by atoms with Crippen molar-refractivity contribution >= 4 is 18.8 Å². The smallest absolute Gasteiger partial charge is 0.250 e. The van der Waals surface area contributed by atoms with Crippen LogP contribution in [0.1, 0.15) is 16.7 Å². The summed E-state index contributed by atoms with van der Waals surface area (Å²) in [7, 11) is -1.62. The minimum Gasteiger partial charge on any atom is -0.310 e. The largest absolute Gasteiger partial charge is 0.310 e. The summed E-state index contributed by atoms with van der Waals surface area (Å²) in [5.41, 5.74) is 3.96. The molecule has 0 heterocycles. The summed E-state index contributed by atoms with van der Waals surface area (Å²) in [6, 6.07) is 34.7. The van der Waals surface area contributed by atoms with Gasteiger partial charge in [-0.15, -0.1) is 0 Å². The molecule has 0 N–H and O–H groups in total. The first-order valence-electron chi connectivity index (χ1n) is 8.63. The van der Waals surface area contributed by atoms with Crippen LogP contribution in [0.15, 0.2) is 91.0 Å². The Labute approximate surface area is 154 Å². The number of hydrogen-bond donors (Lipinski definition) is 0. The predicted molar refractivity (Wildman–Crippen MR) is 108 cm³/mol. The highest BCUT2D eigenvalue weighted by molar-refractivity contribution is 6.72. The molecule has 0 saturated carbocycles. The van der Waals surface area contributed by atoms with Crippen LogP contribution in [0.5, 0.6) is 0 Å².